The highest BCUT2D eigenvalue weighted by atomic mass is 32.2. The number of nitrogens with one attached hydrogen (secondary N) is 1. The van der Waals surface area contributed by atoms with Gasteiger partial charge < -0.3 is 37.3 Å². The van der Waals surface area contributed by atoms with Crippen LogP contribution >= 0.6 is 34.9 Å². The van der Waals surface area contributed by atoms with Crippen molar-refractivity contribution in [2.45, 2.75) is 36.1 Å². The van der Waals surface area contributed by atoms with Crippen molar-refractivity contribution in [2.24, 2.45) is 5.16 Å². The minimum atomic E-state index is -1.49. The number of nitrogens with zero attached hydrogens (tertiary/aromatic N) is 5. The first-order valence-corrected chi connectivity index (χ1v) is 14.3. The van der Waals surface area contributed by atoms with Gasteiger partial charge in [-0.2, -0.15) is 0 Å². The molecule has 2 aliphatic rings. The van der Waals surface area contributed by atoms with Gasteiger partial charge >= 0.3 is 5.16 Å². The van der Waals surface area contributed by atoms with Gasteiger partial charge in [0, 0.05) is 16.9 Å². The fourth-order valence-electron chi connectivity index (χ4n) is 3.80. The molecule has 206 valence electrons. The number of carboxylic acid groups (broad SMARTS) is 1. The SMILES string of the molecule is C=CC[n+]1c(N)cc(N)nc1SCC1=C(C(=O)[O-])N2C(=O)C(NC(=O)/C=N\OC(C)c3csc(N)n3)C2SC1. The number of aromatic nitrogens is 3. The molecule has 4 heterocycles. The van der Waals surface area contributed by atoms with E-state index in [0.717, 1.165) is 11.1 Å². The molecule has 3 unspecified atom stereocenters. The maximum atomic E-state index is 12.9. The van der Waals surface area contributed by atoms with Crippen molar-refractivity contribution < 1.29 is 28.9 Å². The number of nitrogens with two attached hydrogens (primary N) is 3. The molecule has 2 aromatic rings. The summed E-state index contributed by atoms with van der Waals surface area (Å²) in [7, 11) is 0. The number of thiazole rings is 1. The summed E-state index contributed by atoms with van der Waals surface area (Å²) >= 11 is 3.80. The van der Waals surface area contributed by atoms with Gasteiger partial charge in [-0.05, 0) is 24.3 Å². The summed E-state index contributed by atoms with van der Waals surface area (Å²) in [5, 5.41) is 20.2. The maximum Gasteiger partial charge on any atom is 0.301 e. The molecule has 2 amide bonds. The van der Waals surface area contributed by atoms with Crippen LogP contribution in [-0.2, 0) is 25.8 Å². The Hall–Kier alpha value is -3.83. The zero-order valence-electron chi connectivity index (χ0n) is 20.6. The third-order valence-electron chi connectivity index (χ3n) is 5.63. The first-order valence-electron chi connectivity index (χ1n) is 11.4. The van der Waals surface area contributed by atoms with Crippen LogP contribution in [0.1, 0.15) is 18.7 Å². The van der Waals surface area contributed by atoms with Crippen LogP contribution in [-0.4, -0.2) is 61.8 Å². The van der Waals surface area contributed by atoms with Gasteiger partial charge in [-0.15, -0.1) is 23.1 Å². The number of hydrogen-bond acceptors (Lipinski definition) is 14. The van der Waals surface area contributed by atoms with E-state index in [1.165, 1.54) is 40.9 Å². The Bertz CT molecular complexity index is 1380. The lowest BCUT2D eigenvalue weighted by Crippen LogP contribution is -2.71. The number of carboxylic acids is 1. The summed E-state index contributed by atoms with van der Waals surface area (Å²) < 4.78 is 1.69. The molecule has 2 aliphatic heterocycles. The highest BCUT2D eigenvalue weighted by Gasteiger charge is 2.52. The second-order valence-electron chi connectivity index (χ2n) is 8.30. The number of fused-ring (bicyclic) bond motifs is 1. The van der Waals surface area contributed by atoms with E-state index in [1.54, 1.807) is 22.9 Å². The van der Waals surface area contributed by atoms with Crippen molar-refractivity contribution in [3.05, 3.63) is 41.1 Å². The molecule has 0 radical (unpaired) electrons. The number of rotatable bonds is 11. The number of β-lactam (4-membered cyclic amide) rings is 1. The van der Waals surface area contributed by atoms with E-state index in [2.05, 4.69) is 27.0 Å². The van der Waals surface area contributed by atoms with Crippen LogP contribution < -0.4 is 32.2 Å². The Morgan fingerprint density at radius 3 is 2.87 bits per heavy atom. The number of thioether (sulfide) groups is 2. The number of allylic oxidation sites excluding steroid dienone is 1. The Kier molecular flexibility index (Phi) is 8.61. The van der Waals surface area contributed by atoms with E-state index in [4.69, 9.17) is 22.0 Å². The molecule has 14 nitrogen and oxygen atoms in total. The molecule has 17 heteroatoms. The summed E-state index contributed by atoms with van der Waals surface area (Å²) in [6, 6.07) is 0.584. The van der Waals surface area contributed by atoms with Crippen molar-refractivity contribution in [1.82, 2.24) is 20.2 Å². The minimum absolute atomic E-state index is 0.198. The number of amides is 2. The molecule has 0 bridgehead atoms. The minimum Gasteiger partial charge on any atom is -0.543 e. The topological polar surface area (TPSA) is 219 Å². The molecule has 4 rings (SSSR count). The zero-order valence-corrected chi connectivity index (χ0v) is 23.1. The molecule has 0 aliphatic carbocycles. The average Bonchev–Trinajstić information content (AvgIpc) is 3.33. The number of carbonyl (C=O) groups excluding carboxylic acids is 3. The van der Waals surface area contributed by atoms with Crippen molar-refractivity contribution in [3.63, 3.8) is 0 Å². The fraction of sp³-hybridized carbons (Fsp3) is 0.318. The van der Waals surface area contributed by atoms with Gasteiger partial charge in [-0.1, -0.05) is 22.8 Å². The fourth-order valence-corrected chi connectivity index (χ4v) is 6.97. The predicted molar refractivity (Wildman–Crippen MR) is 146 cm³/mol. The summed E-state index contributed by atoms with van der Waals surface area (Å²) in [5.41, 5.74) is 18.3. The third-order valence-corrected chi connectivity index (χ3v) is 8.73. The quantitative estimate of drug-likeness (QED) is 0.0471. The van der Waals surface area contributed by atoms with E-state index in [-0.39, 0.29) is 17.3 Å². The van der Waals surface area contributed by atoms with Gasteiger partial charge in [0.15, 0.2) is 11.2 Å². The van der Waals surface area contributed by atoms with E-state index in [1.807, 2.05) is 0 Å². The van der Waals surface area contributed by atoms with Crippen molar-refractivity contribution in [1.29, 1.82) is 0 Å². The van der Waals surface area contributed by atoms with E-state index >= 15 is 0 Å². The monoisotopic (exact) mass is 591 g/mol. The van der Waals surface area contributed by atoms with Crippen LogP contribution in [0.15, 0.2) is 45.7 Å². The number of oxime groups is 1. The molecule has 2 aromatic heterocycles. The number of hydrogen-bond donors (Lipinski definition) is 4. The maximum absolute atomic E-state index is 12.9. The number of carbonyl (C=O) groups is 3. The normalized spacial score (nSPS) is 19.4. The predicted octanol–water partition coefficient (Wildman–Crippen LogP) is -0.982. The Labute approximate surface area is 235 Å². The van der Waals surface area contributed by atoms with E-state index < -0.39 is 35.3 Å². The Morgan fingerprint density at radius 1 is 1.44 bits per heavy atom. The highest BCUT2D eigenvalue weighted by Crippen LogP contribution is 2.41. The zero-order chi connectivity index (χ0) is 28.3. The van der Waals surface area contributed by atoms with Gasteiger partial charge in [0.1, 0.15) is 17.6 Å². The van der Waals surface area contributed by atoms with Gasteiger partial charge in [0.2, 0.25) is 11.6 Å². The molecule has 0 aromatic carbocycles. The molecule has 0 saturated carbocycles. The average molecular weight is 592 g/mol. The highest BCUT2D eigenvalue weighted by molar-refractivity contribution is 8.01. The Morgan fingerprint density at radius 2 is 2.21 bits per heavy atom. The molecule has 0 spiro atoms. The van der Waals surface area contributed by atoms with Crippen molar-refractivity contribution >= 4 is 75.6 Å². The second-order valence-corrected chi connectivity index (χ2v) is 11.2. The van der Waals surface area contributed by atoms with Crippen LogP contribution in [0.25, 0.3) is 0 Å². The van der Waals surface area contributed by atoms with Crippen LogP contribution in [0.5, 0.6) is 0 Å². The van der Waals surface area contributed by atoms with Gasteiger partial charge in [0.25, 0.3) is 11.8 Å². The van der Waals surface area contributed by atoms with E-state index in [0.29, 0.717) is 39.7 Å². The third kappa shape index (κ3) is 6.10. The summed E-state index contributed by atoms with van der Waals surface area (Å²) in [6.07, 6.45) is 2.01. The van der Waals surface area contributed by atoms with Gasteiger partial charge in [-0.3, -0.25) is 14.5 Å². The summed E-state index contributed by atoms with van der Waals surface area (Å²) in [4.78, 5) is 52.0. The first-order chi connectivity index (χ1) is 18.6. The lowest BCUT2D eigenvalue weighted by Gasteiger charge is -2.50. The van der Waals surface area contributed by atoms with Crippen LogP contribution in [0, 0.1) is 0 Å². The van der Waals surface area contributed by atoms with Crippen LogP contribution in [0.4, 0.5) is 16.8 Å². The first kappa shape index (κ1) is 28.2. The molecular weight excluding hydrogens is 567 g/mol. The summed E-state index contributed by atoms with van der Waals surface area (Å²) in [5.74, 6) is -1.64. The Balaban J connectivity index is 1.40. The van der Waals surface area contributed by atoms with Crippen molar-refractivity contribution in [2.75, 3.05) is 28.7 Å². The second kappa shape index (κ2) is 11.9. The molecule has 3 atom stereocenters. The molecule has 1 fully saturated rings. The molecule has 39 heavy (non-hydrogen) atoms. The van der Waals surface area contributed by atoms with Crippen LogP contribution in [0.2, 0.25) is 0 Å². The standard InChI is InChI=1S/C22H25N9O5S3/c1-3-4-30-14(24)5-13(23)28-22(30)39-8-11-7-37-19-16(18(33)31(19)17(11)20(34)35)29-15(32)6-26-36-10(2)12-9-38-21(25)27-12/h3,5-6,9-10,16,19H,1,4,7-8H2,2H3,(H7,23,24,25,27,29,32,34,35)/b26-6-. The number of nitrogen functional groups attached to an aromatic ring is 3. The largest absolute Gasteiger partial charge is 0.543 e. The molecule has 1 saturated heterocycles. The molecule has 7 N–H and O–H groups in total. The lowest BCUT2D eigenvalue weighted by atomic mass is 10.0. The van der Waals surface area contributed by atoms with Crippen molar-refractivity contribution in [3.8, 4) is 0 Å². The van der Waals surface area contributed by atoms with Gasteiger partial charge in [-0.25, -0.2) is 9.55 Å². The summed E-state index contributed by atoms with van der Waals surface area (Å²) in [6.45, 7) is 5.78. The lowest BCUT2D eigenvalue weighted by molar-refractivity contribution is -0.713. The number of anilines is 3. The number of aliphatic carboxylic acids is 1. The van der Waals surface area contributed by atoms with Crippen LogP contribution in [0.3, 0.4) is 0 Å². The molecular formula is C22H25N9O5S3. The van der Waals surface area contributed by atoms with E-state index in [9.17, 15) is 19.5 Å². The smallest absolute Gasteiger partial charge is 0.301 e. The van der Waals surface area contributed by atoms with Gasteiger partial charge in [0.05, 0.1) is 30.0 Å².